The number of ether oxygens (including phenoxy) is 2. The lowest BCUT2D eigenvalue weighted by Crippen LogP contribution is -2.25. The summed E-state index contributed by atoms with van der Waals surface area (Å²) in [5.74, 6) is 0.728. The Balaban J connectivity index is 1.54. The first-order valence-corrected chi connectivity index (χ1v) is 13.8. The average molecular weight is 519 g/mol. The standard InChI is InChI=1S/C36H38O3/c1-8-39-36(37)33-23(4)18-30-20-29(25(6)34(30)35(33)27-13-15-31(38-7)16-14-27)19-28-17-22(3)32(24(28)5)26-11-9-21(2)10-12-26/h9-19,32,34-35H,6,8,20H2,1-5,7H3/b29-19-. The summed E-state index contributed by atoms with van der Waals surface area (Å²) in [7, 11) is 1.67. The summed E-state index contributed by atoms with van der Waals surface area (Å²) >= 11 is 0. The van der Waals surface area contributed by atoms with E-state index in [-0.39, 0.29) is 17.8 Å². The fourth-order valence-corrected chi connectivity index (χ4v) is 6.57. The maximum atomic E-state index is 13.2. The lowest BCUT2D eigenvalue weighted by atomic mass is 9.71. The van der Waals surface area contributed by atoms with Gasteiger partial charge < -0.3 is 9.47 Å². The van der Waals surface area contributed by atoms with Crippen molar-refractivity contribution in [1.82, 2.24) is 0 Å². The minimum absolute atomic E-state index is 0.0213. The number of methoxy groups -OCH3 is 1. The summed E-state index contributed by atoms with van der Waals surface area (Å²) < 4.78 is 10.9. The van der Waals surface area contributed by atoms with Crippen LogP contribution in [0.1, 0.15) is 62.6 Å². The van der Waals surface area contributed by atoms with Crippen molar-refractivity contribution < 1.29 is 14.3 Å². The molecule has 1 saturated carbocycles. The van der Waals surface area contributed by atoms with Crippen LogP contribution in [0, 0.1) is 12.8 Å². The SMILES string of the molecule is C=C1/C(=C\C2=C(C)C(c3ccc(C)cc3)C(C)=C2)CC2=CC(C)=C(C(=O)OCC)C(c3ccc(OC)cc3)C12. The van der Waals surface area contributed by atoms with Gasteiger partial charge in [0.05, 0.1) is 13.7 Å². The molecule has 0 aliphatic heterocycles. The van der Waals surface area contributed by atoms with E-state index in [9.17, 15) is 4.79 Å². The fraction of sp³-hybridized carbons (Fsp3) is 0.306. The fourth-order valence-electron chi connectivity index (χ4n) is 6.57. The van der Waals surface area contributed by atoms with Crippen molar-refractivity contribution in [3.05, 3.63) is 135 Å². The molecule has 3 aliphatic carbocycles. The highest BCUT2D eigenvalue weighted by Crippen LogP contribution is 2.54. The molecule has 200 valence electrons. The van der Waals surface area contributed by atoms with E-state index >= 15 is 0 Å². The Labute approximate surface area is 232 Å². The quantitative estimate of drug-likeness (QED) is 0.360. The van der Waals surface area contributed by atoms with Gasteiger partial charge in [-0.15, -0.1) is 0 Å². The predicted octanol–water partition coefficient (Wildman–Crippen LogP) is 8.47. The van der Waals surface area contributed by atoms with Crippen molar-refractivity contribution in [3.63, 3.8) is 0 Å². The predicted molar refractivity (Wildman–Crippen MR) is 159 cm³/mol. The van der Waals surface area contributed by atoms with Gasteiger partial charge in [-0.25, -0.2) is 4.79 Å². The molecular formula is C36H38O3. The molecular weight excluding hydrogens is 480 g/mol. The number of rotatable bonds is 6. The highest BCUT2D eigenvalue weighted by Gasteiger charge is 2.43. The van der Waals surface area contributed by atoms with Crippen molar-refractivity contribution in [3.8, 4) is 5.75 Å². The van der Waals surface area contributed by atoms with Crippen LogP contribution < -0.4 is 4.74 Å². The van der Waals surface area contributed by atoms with E-state index in [0.717, 1.165) is 34.5 Å². The molecule has 0 spiro atoms. The first-order chi connectivity index (χ1) is 18.7. The first kappa shape index (κ1) is 26.7. The van der Waals surface area contributed by atoms with Gasteiger partial charge in [-0.1, -0.05) is 83.5 Å². The third-order valence-corrected chi connectivity index (χ3v) is 8.49. The average Bonchev–Trinajstić information content (AvgIpc) is 3.38. The van der Waals surface area contributed by atoms with Crippen LogP contribution in [0.25, 0.3) is 0 Å². The van der Waals surface area contributed by atoms with Crippen LogP contribution in [-0.2, 0) is 9.53 Å². The summed E-state index contributed by atoms with van der Waals surface area (Å²) in [5.41, 5.74) is 13.0. The summed E-state index contributed by atoms with van der Waals surface area (Å²) in [6, 6.07) is 16.9. The Morgan fingerprint density at radius 3 is 2.26 bits per heavy atom. The van der Waals surface area contributed by atoms with E-state index in [1.165, 1.54) is 39.0 Å². The van der Waals surface area contributed by atoms with Gasteiger partial charge in [-0.3, -0.25) is 0 Å². The number of carbonyl (C=O) groups is 1. The largest absolute Gasteiger partial charge is 0.497 e. The van der Waals surface area contributed by atoms with Crippen molar-refractivity contribution in [2.75, 3.05) is 13.7 Å². The van der Waals surface area contributed by atoms with Gasteiger partial charge in [-0.2, -0.15) is 0 Å². The zero-order chi connectivity index (χ0) is 27.8. The van der Waals surface area contributed by atoms with Crippen molar-refractivity contribution in [2.24, 2.45) is 5.92 Å². The van der Waals surface area contributed by atoms with Gasteiger partial charge in [0.1, 0.15) is 5.75 Å². The maximum Gasteiger partial charge on any atom is 0.334 e. The minimum atomic E-state index is -0.245. The lowest BCUT2D eigenvalue weighted by Gasteiger charge is -2.32. The van der Waals surface area contributed by atoms with E-state index in [0.29, 0.717) is 12.5 Å². The number of esters is 1. The molecule has 0 amide bonds. The number of fused-ring (bicyclic) bond motifs is 1. The van der Waals surface area contributed by atoms with Crippen molar-refractivity contribution in [2.45, 2.75) is 52.9 Å². The van der Waals surface area contributed by atoms with Crippen molar-refractivity contribution >= 4 is 5.97 Å². The molecule has 0 aromatic heterocycles. The van der Waals surface area contributed by atoms with Gasteiger partial charge >= 0.3 is 5.97 Å². The molecule has 0 heterocycles. The van der Waals surface area contributed by atoms with Crippen LogP contribution >= 0.6 is 0 Å². The number of allylic oxidation sites excluding steroid dienone is 10. The van der Waals surface area contributed by atoms with Gasteiger partial charge in [-0.05, 0) is 86.6 Å². The van der Waals surface area contributed by atoms with Crippen LogP contribution in [0.15, 0.2) is 118 Å². The smallest absolute Gasteiger partial charge is 0.334 e. The lowest BCUT2D eigenvalue weighted by molar-refractivity contribution is -0.139. The minimum Gasteiger partial charge on any atom is -0.497 e. The number of hydrogen-bond donors (Lipinski definition) is 0. The normalized spacial score (nSPS) is 23.7. The van der Waals surface area contributed by atoms with Crippen LogP contribution in [0.3, 0.4) is 0 Å². The number of carbonyl (C=O) groups excluding carboxylic acids is 1. The summed E-state index contributed by atoms with van der Waals surface area (Å²) in [5, 5.41) is 0. The number of benzene rings is 2. The van der Waals surface area contributed by atoms with E-state index in [4.69, 9.17) is 9.47 Å². The van der Waals surface area contributed by atoms with Crippen LogP contribution in [0.2, 0.25) is 0 Å². The molecule has 5 rings (SSSR count). The molecule has 1 fully saturated rings. The zero-order valence-electron chi connectivity index (χ0n) is 23.9. The van der Waals surface area contributed by atoms with Crippen molar-refractivity contribution in [1.29, 1.82) is 0 Å². The molecule has 3 atom stereocenters. The highest BCUT2D eigenvalue weighted by atomic mass is 16.5. The summed E-state index contributed by atoms with van der Waals surface area (Å²) in [6.07, 6.45) is 7.68. The summed E-state index contributed by atoms with van der Waals surface area (Å²) in [6.45, 7) is 15.4. The van der Waals surface area contributed by atoms with E-state index < -0.39 is 0 Å². The Kier molecular flexibility index (Phi) is 7.36. The van der Waals surface area contributed by atoms with Crippen LogP contribution in [0.5, 0.6) is 5.75 Å². The monoisotopic (exact) mass is 518 g/mol. The molecule has 2 aromatic carbocycles. The van der Waals surface area contributed by atoms with Gasteiger partial charge in [0.25, 0.3) is 0 Å². The molecule has 2 aromatic rings. The Morgan fingerprint density at radius 1 is 0.949 bits per heavy atom. The Bertz CT molecular complexity index is 1470. The Hall–Kier alpha value is -3.85. The second-order valence-electron chi connectivity index (χ2n) is 11.0. The second kappa shape index (κ2) is 10.7. The topological polar surface area (TPSA) is 35.5 Å². The molecule has 3 heteroatoms. The summed E-state index contributed by atoms with van der Waals surface area (Å²) in [4.78, 5) is 13.2. The molecule has 0 radical (unpaired) electrons. The molecule has 0 bridgehead atoms. The molecule has 39 heavy (non-hydrogen) atoms. The van der Waals surface area contributed by atoms with Crippen LogP contribution in [0.4, 0.5) is 0 Å². The second-order valence-corrected chi connectivity index (χ2v) is 11.0. The molecule has 3 aliphatic rings. The van der Waals surface area contributed by atoms with E-state index in [1.807, 2.05) is 26.0 Å². The third kappa shape index (κ3) is 4.87. The molecule has 3 nitrogen and oxygen atoms in total. The van der Waals surface area contributed by atoms with Crippen LogP contribution in [-0.4, -0.2) is 19.7 Å². The first-order valence-electron chi connectivity index (χ1n) is 13.8. The maximum absolute atomic E-state index is 13.2. The molecule has 0 saturated heterocycles. The highest BCUT2D eigenvalue weighted by molar-refractivity contribution is 5.93. The van der Waals surface area contributed by atoms with Gasteiger partial charge in [0.2, 0.25) is 0 Å². The number of hydrogen-bond acceptors (Lipinski definition) is 3. The van der Waals surface area contributed by atoms with Gasteiger partial charge in [0.15, 0.2) is 0 Å². The zero-order valence-corrected chi connectivity index (χ0v) is 23.9. The molecule has 0 N–H and O–H groups in total. The Morgan fingerprint density at radius 2 is 1.62 bits per heavy atom. The van der Waals surface area contributed by atoms with Gasteiger partial charge in [0, 0.05) is 23.3 Å². The number of aryl methyl sites for hydroxylation is 1. The van der Waals surface area contributed by atoms with E-state index in [2.05, 4.69) is 82.0 Å². The third-order valence-electron chi connectivity index (χ3n) is 8.49. The molecule has 3 unspecified atom stereocenters. The van der Waals surface area contributed by atoms with E-state index in [1.54, 1.807) is 7.11 Å².